The molecule has 0 atom stereocenters. The summed E-state index contributed by atoms with van der Waals surface area (Å²) in [5, 5.41) is 13.3. The second kappa shape index (κ2) is 5.61. The molecule has 0 unspecified atom stereocenters. The topological polar surface area (TPSA) is 43.6 Å². The fourth-order valence-corrected chi connectivity index (χ4v) is 2.14. The Morgan fingerprint density at radius 1 is 1.15 bits per heavy atom. The van der Waals surface area contributed by atoms with Crippen LogP contribution in [-0.4, -0.2) is 20.2 Å². The second-order valence-corrected chi connectivity index (χ2v) is 4.99. The summed E-state index contributed by atoms with van der Waals surface area (Å²) in [5.41, 5.74) is 1.75. The molecule has 3 aromatic rings. The summed E-state index contributed by atoms with van der Waals surface area (Å²) in [6.07, 6.45) is 0. The van der Waals surface area contributed by atoms with Crippen molar-refractivity contribution in [1.29, 1.82) is 0 Å². The Labute approximate surface area is 126 Å². The number of aromatic nitrogens is 4. The lowest BCUT2D eigenvalue weighted by Gasteiger charge is -2.00. The Kier molecular flexibility index (Phi) is 3.67. The first kappa shape index (κ1) is 13.1. The first-order valence-electron chi connectivity index (χ1n) is 5.91. The van der Waals surface area contributed by atoms with Gasteiger partial charge in [-0.05, 0) is 22.9 Å². The maximum Gasteiger partial charge on any atom is 0.206 e. The van der Waals surface area contributed by atoms with Crippen LogP contribution in [0.5, 0.6) is 0 Å². The molecule has 1 radical (unpaired) electrons. The zero-order valence-corrected chi connectivity index (χ0v) is 11.8. The highest BCUT2D eigenvalue weighted by atomic mass is 35.5. The van der Waals surface area contributed by atoms with Crippen molar-refractivity contribution in [2.45, 2.75) is 6.54 Å². The van der Waals surface area contributed by atoms with Crippen LogP contribution < -0.4 is 0 Å². The van der Waals surface area contributed by atoms with E-state index in [9.17, 15) is 0 Å². The summed E-state index contributed by atoms with van der Waals surface area (Å²) in [6.45, 7) is 0.554. The Morgan fingerprint density at radius 2 is 1.95 bits per heavy atom. The first-order chi connectivity index (χ1) is 9.72. The molecule has 0 aliphatic rings. The summed E-state index contributed by atoms with van der Waals surface area (Å²) in [7, 11) is 0. The van der Waals surface area contributed by atoms with E-state index in [1.165, 1.54) is 4.80 Å². The highest BCUT2D eigenvalue weighted by Crippen LogP contribution is 2.27. The van der Waals surface area contributed by atoms with Crippen LogP contribution in [0, 0.1) is 6.07 Å². The van der Waals surface area contributed by atoms with Crippen molar-refractivity contribution in [2.24, 2.45) is 0 Å². The summed E-state index contributed by atoms with van der Waals surface area (Å²) < 4.78 is 0. The Bertz CT molecular complexity index is 725. The van der Waals surface area contributed by atoms with Crippen molar-refractivity contribution in [3.63, 3.8) is 0 Å². The summed E-state index contributed by atoms with van der Waals surface area (Å²) in [6, 6.07) is 16.0. The Hall–Kier alpha value is -1.91. The molecule has 0 bridgehead atoms. The molecule has 6 heteroatoms. The molecular weight excluding hydrogens is 295 g/mol. The molecule has 0 aliphatic carbocycles. The van der Waals surface area contributed by atoms with Gasteiger partial charge in [0, 0.05) is 16.7 Å². The SMILES string of the molecule is Clc1[c]cc(Cl)c(-c2nnn(Cc3ccccc3)n2)c1. The Morgan fingerprint density at radius 3 is 2.75 bits per heavy atom. The van der Waals surface area contributed by atoms with Gasteiger partial charge in [0.25, 0.3) is 0 Å². The molecule has 0 saturated heterocycles. The summed E-state index contributed by atoms with van der Waals surface area (Å²) in [4.78, 5) is 1.52. The minimum absolute atomic E-state index is 0.446. The van der Waals surface area contributed by atoms with E-state index in [4.69, 9.17) is 23.2 Å². The standard InChI is InChI=1S/C14H9Cl2N4/c15-11-6-7-13(16)12(8-11)14-17-19-20(18-14)9-10-4-2-1-3-5-10/h1-5,7-8H,9H2. The third-order valence-electron chi connectivity index (χ3n) is 2.73. The van der Waals surface area contributed by atoms with Gasteiger partial charge in [-0.3, -0.25) is 0 Å². The molecule has 0 aliphatic heterocycles. The number of tetrazole rings is 1. The van der Waals surface area contributed by atoms with Crippen molar-refractivity contribution in [3.8, 4) is 11.4 Å². The number of halogens is 2. The lowest BCUT2D eigenvalue weighted by atomic mass is 10.2. The van der Waals surface area contributed by atoms with Crippen molar-refractivity contribution < 1.29 is 0 Å². The van der Waals surface area contributed by atoms with Crippen LogP contribution in [0.15, 0.2) is 42.5 Å². The fourth-order valence-electron chi connectivity index (χ4n) is 1.78. The highest BCUT2D eigenvalue weighted by molar-refractivity contribution is 6.35. The van der Waals surface area contributed by atoms with Crippen LogP contribution in [0.2, 0.25) is 10.0 Å². The molecule has 0 saturated carbocycles. The lowest BCUT2D eigenvalue weighted by molar-refractivity contribution is 0.573. The molecule has 3 rings (SSSR count). The minimum atomic E-state index is 0.446. The second-order valence-electron chi connectivity index (χ2n) is 4.17. The first-order valence-corrected chi connectivity index (χ1v) is 6.67. The molecule has 0 fully saturated rings. The molecule has 1 heterocycles. The van der Waals surface area contributed by atoms with E-state index in [0.29, 0.717) is 28.0 Å². The highest BCUT2D eigenvalue weighted by Gasteiger charge is 2.11. The third-order valence-corrected chi connectivity index (χ3v) is 3.26. The van der Waals surface area contributed by atoms with Gasteiger partial charge in [0.15, 0.2) is 0 Å². The lowest BCUT2D eigenvalue weighted by Crippen LogP contribution is -2.03. The van der Waals surface area contributed by atoms with E-state index in [-0.39, 0.29) is 0 Å². The van der Waals surface area contributed by atoms with Crippen LogP contribution in [0.3, 0.4) is 0 Å². The average molecular weight is 304 g/mol. The molecule has 20 heavy (non-hydrogen) atoms. The number of rotatable bonds is 3. The van der Waals surface area contributed by atoms with E-state index in [1.54, 1.807) is 12.1 Å². The van der Waals surface area contributed by atoms with Gasteiger partial charge in [0.2, 0.25) is 5.82 Å². The van der Waals surface area contributed by atoms with Gasteiger partial charge in [-0.1, -0.05) is 53.5 Å². The predicted molar refractivity (Wildman–Crippen MR) is 77.7 cm³/mol. The smallest absolute Gasteiger partial charge is 0.159 e. The largest absolute Gasteiger partial charge is 0.206 e. The van der Waals surface area contributed by atoms with Gasteiger partial charge in [0.05, 0.1) is 11.6 Å². The van der Waals surface area contributed by atoms with Gasteiger partial charge < -0.3 is 0 Å². The summed E-state index contributed by atoms with van der Waals surface area (Å²) >= 11 is 12.0. The van der Waals surface area contributed by atoms with Gasteiger partial charge in [0.1, 0.15) is 0 Å². The van der Waals surface area contributed by atoms with E-state index >= 15 is 0 Å². The molecule has 1 aromatic heterocycles. The predicted octanol–water partition coefficient (Wildman–Crippen LogP) is 3.50. The number of nitrogens with zero attached hydrogens (tertiary/aromatic N) is 4. The Balaban J connectivity index is 1.88. The van der Waals surface area contributed by atoms with Gasteiger partial charge in [-0.15, -0.1) is 10.2 Å². The molecule has 4 nitrogen and oxygen atoms in total. The number of hydrogen-bond donors (Lipinski definition) is 0. The van der Waals surface area contributed by atoms with E-state index in [0.717, 1.165) is 5.56 Å². The van der Waals surface area contributed by atoms with Crippen LogP contribution in [-0.2, 0) is 6.54 Å². The van der Waals surface area contributed by atoms with Crippen LogP contribution in [0.1, 0.15) is 5.56 Å². The zero-order chi connectivity index (χ0) is 13.9. The van der Waals surface area contributed by atoms with E-state index in [1.807, 2.05) is 30.3 Å². The van der Waals surface area contributed by atoms with Gasteiger partial charge in [-0.25, -0.2) is 0 Å². The number of benzene rings is 2. The quantitative estimate of drug-likeness (QED) is 0.744. The van der Waals surface area contributed by atoms with Gasteiger partial charge in [-0.2, -0.15) is 4.80 Å². The van der Waals surface area contributed by atoms with Crippen molar-refractivity contribution >= 4 is 23.2 Å². The van der Waals surface area contributed by atoms with Crippen LogP contribution in [0.4, 0.5) is 0 Å². The van der Waals surface area contributed by atoms with Crippen molar-refractivity contribution in [3.05, 3.63) is 64.1 Å². The maximum atomic E-state index is 6.09. The summed E-state index contributed by atoms with van der Waals surface area (Å²) in [5.74, 6) is 0.446. The van der Waals surface area contributed by atoms with Gasteiger partial charge >= 0.3 is 0 Å². The zero-order valence-electron chi connectivity index (χ0n) is 10.3. The van der Waals surface area contributed by atoms with Crippen LogP contribution >= 0.6 is 23.2 Å². The third kappa shape index (κ3) is 2.81. The molecule has 2 aromatic carbocycles. The maximum absolute atomic E-state index is 6.09. The monoisotopic (exact) mass is 303 g/mol. The van der Waals surface area contributed by atoms with E-state index in [2.05, 4.69) is 21.5 Å². The molecule has 0 N–H and O–H groups in total. The molecule has 0 spiro atoms. The minimum Gasteiger partial charge on any atom is -0.159 e. The molecule has 99 valence electrons. The van der Waals surface area contributed by atoms with Crippen LogP contribution in [0.25, 0.3) is 11.4 Å². The van der Waals surface area contributed by atoms with Crippen molar-refractivity contribution in [2.75, 3.05) is 0 Å². The molecule has 0 amide bonds. The van der Waals surface area contributed by atoms with Crippen molar-refractivity contribution in [1.82, 2.24) is 20.2 Å². The fraction of sp³-hybridized carbons (Fsp3) is 0.0714. The molecular formula is C14H9Cl2N4. The van der Waals surface area contributed by atoms with E-state index < -0.39 is 0 Å². The normalized spacial score (nSPS) is 10.7. The average Bonchev–Trinajstić information content (AvgIpc) is 2.91. The number of hydrogen-bond acceptors (Lipinski definition) is 3.